The van der Waals surface area contributed by atoms with Crippen LogP contribution in [-0.4, -0.2) is 61.2 Å². The van der Waals surface area contributed by atoms with Gasteiger partial charge in [-0.15, -0.1) is 0 Å². The molecule has 6 nitrogen and oxygen atoms in total. The summed E-state index contributed by atoms with van der Waals surface area (Å²) in [6, 6.07) is 1.96. The molecule has 0 aliphatic rings. The largest absolute Gasteiger partial charge is 0.378 e. The van der Waals surface area contributed by atoms with Crippen LogP contribution in [-0.2, 0) is 18.5 Å². The van der Waals surface area contributed by atoms with E-state index in [1.54, 1.807) is 13.8 Å². The lowest BCUT2D eigenvalue weighted by Gasteiger charge is -2.24. The normalized spacial score (nSPS) is 12.8. The van der Waals surface area contributed by atoms with E-state index in [0.717, 1.165) is 34.4 Å². The van der Waals surface area contributed by atoms with E-state index in [2.05, 4.69) is 46.9 Å². The number of pyridine rings is 1. The van der Waals surface area contributed by atoms with Gasteiger partial charge in [-0.05, 0) is 44.6 Å². The molecule has 3 heterocycles. The Labute approximate surface area is 174 Å². The van der Waals surface area contributed by atoms with Crippen LogP contribution in [0, 0.1) is 11.8 Å². The average molecular weight is 415 g/mol. The molecule has 0 spiro atoms. The van der Waals surface area contributed by atoms with Gasteiger partial charge in [-0.1, -0.05) is 5.92 Å². The fourth-order valence-electron chi connectivity index (χ4n) is 2.83. The molecule has 0 saturated heterocycles. The van der Waals surface area contributed by atoms with Crippen LogP contribution in [0.2, 0.25) is 0 Å². The van der Waals surface area contributed by atoms with Crippen molar-refractivity contribution < 1.29 is 9.84 Å². The van der Waals surface area contributed by atoms with E-state index < -0.39 is 15.6 Å². The van der Waals surface area contributed by atoms with Crippen LogP contribution in [0.15, 0.2) is 30.9 Å². The molecule has 0 amide bonds. The Morgan fingerprint density at radius 3 is 2.66 bits per heavy atom. The number of rotatable bonds is 6. The van der Waals surface area contributed by atoms with E-state index in [-0.39, 0.29) is 0 Å². The summed E-state index contributed by atoms with van der Waals surface area (Å²) in [7, 11) is 1.45. The molecule has 7 heteroatoms. The van der Waals surface area contributed by atoms with Crippen molar-refractivity contribution in [3.05, 3.63) is 36.5 Å². The van der Waals surface area contributed by atoms with Gasteiger partial charge in [0.25, 0.3) is 0 Å². The number of hydrogen-bond donors (Lipinski definition) is 1. The summed E-state index contributed by atoms with van der Waals surface area (Å²) in [4.78, 5) is 4.41. The molecule has 156 valence electrons. The molecule has 0 fully saturated rings. The molecule has 0 bridgehead atoms. The van der Waals surface area contributed by atoms with E-state index in [9.17, 15) is 5.11 Å². The Bertz CT molecular complexity index is 1060. The highest BCUT2D eigenvalue weighted by atomic mass is 32.3. The van der Waals surface area contributed by atoms with Crippen molar-refractivity contribution in [3.8, 4) is 23.0 Å². The monoisotopic (exact) mass is 414 g/mol. The standard InChI is InChI=1S/C22H30N4O2S/c1-22(2,27)8-7-18-11-19-20(15-25(3)21(19)13-23-18)17-12-24-26(14-17)16-28-9-10-29(4,5)6/h11-15,27H,9-10,16H2,1-6H3. The van der Waals surface area contributed by atoms with Gasteiger partial charge in [-0.25, -0.2) is 19.7 Å². The highest BCUT2D eigenvalue weighted by molar-refractivity contribution is 8.32. The predicted molar refractivity (Wildman–Crippen MR) is 121 cm³/mol. The van der Waals surface area contributed by atoms with Gasteiger partial charge in [0.05, 0.1) is 24.5 Å². The van der Waals surface area contributed by atoms with Gasteiger partial charge < -0.3 is 14.4 Å². The molecule has 3 aromatic rings. The van der Waals surface area contributed by atoms with Crippen molar-refractivity contribution >= 4 is 20.9 Å². The molecule has 3 aromatic heterocycles. The number of hydrogen-bond acceptors (Lipinski definition) is 4. The lowest BCUT2D eigenvalue weighted by Crippen LogP contribution is -2.14. The molecule has 0 unspecified atom stereocenters. The van der Waals surface area contributed by atoms with Crippen molar-refractivity contribution in [1.82, 2.24) is 19.3 Å². The van der Waals surface area contributed by atoms with Crippen molar-refractivity contribution in [2.24, 2.45) is 7.05 Å². The van der Waals surface area contributed by atoms with Crippen LogP contribution in [0.25, 0.3) is 22.0 Å². The van der Waals surface area contributed by atoms with Crippen molar-refractivity contribution in [1.29, 1.82) is 0 Å². The molecule has 3 rings (SSSR count). The lowest BCUT2D eigenvalue weighted by molar-refractivity contribution is 0.0809. The van der Waals surface area contributed by atoms with Crippen molar-refractivity contribution in [3.63, 3.8) is 0 Å². The van der Waals surface area contributed by atoms with Crippen LogP contribution >= 0.6 is 10.0 Å². The highest BCUT2D eigenvalue weighted by Gasteiger charge is 2.13. The fraction of sp³-hybridized carbons (Fsp3) is 0.455. The Kier molecular flexibility index (Phi) is 6.08. The number of ether oxygens (including phenoxy) is 1. The van der Waals surface area contributed by atoms with Crippen LogP contribution in [0.3, 0.4) is 0 Å². The first kappa shape index (κ1) is 21.4. The van der Waals surface area contributed by atoms with E-state index in [4.69, 9.17) is 4.74 Å². The molecular formula is C22H30N4O2S. The van der Waals surface area contributed by atoms with E-state index in [1.165, 1.54) is 0 Å². The fourth-order valence-corrected chi connectivity index (χ4v) is 3.45. The molecule has 1 N–H and O–H groups in total. The van der Waals surface area contributed by atoms with Crippen LogP contribution in [0.1, 0.15) is 19.5 Å². The first-order chi connectivity index (χ1) is 13.5. The number of nitrogens with zero attached hydrogens (tertiary/aromatic N) is 4. The minimum Gasteiger partial charge on any atom is -0.378 e. The third-order valence-electron chi connectivity index (χ3n) is 4.38. The Balaban J connectivity index is 1.82. The van der Waals surface area contributed by atoms with Gasteiger partial charge in [0.15, 0.2) is 0 Å². The second-order valence-electron chi connectivity index (χ2n) is 8.65. The SMILES string of the molecule is Cn1cc(-c2cnn(COCCS(C)(C)C)c2)c2cc(C#CC(C)(C)O)ncc21. The minimum absolute atomic E-state index is 0.449. The maximum Gasteiger partial charge on any atom is 0.139 e. The summed E-state index contributed by atoms with van der Waals surface area (Å²) in [5.41, 5.74) is 2.69. The molecule has 0 aliphatic heterocycles. The van der Waals surface area contributed by atoms with Crippen LogP contribution in [0.5, 0.6) is 0 Å². The number of aryl methyl sites for hydroxylation is 1. The minimum atomic E-state index is -1.05. The average Bonchev–Trinajstić information content (AvgIpc) is 3.20. The summed E-state index contributed by atoms with van der Waals surface area (Å²) < 4.78 is 9.65. The van der Waals surface area contributed by atoms with Crippen LogP contribution in [0.4, 0.5) is 0 Å². The summed E-state index contributed by atoms with van der Waals surface area (Å²) in [6.45, 7) is 4.51. The highest BCUT2D eigenvalue weighted by Crippen LogP contribution is 2.33. The van der Waals surface area contributed by atoms with Gasteiger partial charge >= 0.3 is 0 Å². The second-order valence-corrected chi connectivity index (χ2v) is 13.2. The maximum atomic E-state index is 9.84. The zero-order chi connectivity index (χ0) is 21.2. The summed E-state index contributed by atoms with van der Waals surface area (Å²) in [5.74, 6) is 6.86. The molecule has 29 heavy (non-hydrogen) atoms. The number of fused-ring (bicyclic) bond motifs is 1. The molecule has 0 saturated carbocycles. The zero-order valence-electron chi connectivity index (χ0n) is 18.1. The summed E-state index contributed by atoms with van der Waals surface area (Å²) in [6.07, 6.45) is 14.6. The maximum absolute atomic E-state index is 9.84. The Hall–Kier alpha value is -2.27. The molecule has 0 radical (unpaired) electrons. The van der Waals surface area contributed by atoms with Gasteiger partial charge in [0.1, 0.15) is 18.0 Å². The topological polar surface area (TPSA) is 65.1 Å². The first-order valence-electron chi connectivity index (χ1n) is 9.49. The number of aliphatic hydroxyl groups is 1. The molecular weight excluding hydrogens is 384 g/mol. The molecule has 0 atom stereocenters. The Morgan fingerprint density at radius 2 is 1.97 bits per heavy atom. The summed E-state index contributed by atoms with van der Waals surface area (Å²) >= 11 is 0. The lowest BCUT2D eigenvalue weighted by atomic mass is 10.1. The Morgan fingerprint density at radius 1 is 1.21 bits per heavy atom. The molecule has 0 aliphatic carbocycles. The van der Waals surface area contributed by atoms with E-state index >= 15 is 0 Å². The van der Waals surface area contributed by atoms with Gasteiger partial charge in [0.2, 0.25) is 0 Å². The van der Waals surface area contributed by atoms with Gasteiger partial charge in [0, 0.05) is 41.7 Å². The van der Waals surface area contributed by atoms with Gasteiger partial charge in [-0.2, -0.15) is 5.10 Å². The molecule has 0 aromatic carbocycles. The predicted octanol–water partition coefficient (Wildman–Crippen LogP) is 3.23. The van der Waals surface area contributed by atoms with Crippen LogP contribution < -0.4 is 0 Å². The first-order valence-corrected chi connectivity index (χ1v) is 12.5. The second kappa shape index (κ2) is 8.23. The third kappa shape index (κ3) is 5.86. The van der Waals surface area contributed by atoms with Crippen molar-refractivity contribution in [2.45, 2.75) is 26.2 Å². The van der Waals surface area contributed by atoms with E-state index in [1.807, 2.05) is 41.0 Å². The quantitative estimate of drug-likeness (QED) is 0.497. The third-order valence-corrected chi connectivity index (χ3v) is 5.77. The summed E-state index contributed by atoms with van der Waals surface area (Å²) in [5, 5.41) is 15.3. The van der Waals surface area contributed by atoms with Gasteiger partial charge in [-0.3, -0.25) is 0 Å². The zero-order valence-corrected chi connectivity index (χ0v) is 18.9. The smallest absolute Gasteiger partial charge is 0.139 e. The number of aromatic nitrogens is 4. The van der Waals surface area contributed by atoms with E-state index in [0.29, 0.717) is 12.4 Å². The van der Waals surface area contributed by atoms with Crippen molar-refractivity contribution in [2.75, 3.05) is 31.1 Å².